The van der Waals surface area contributed by atoms with Crippen molar-refractivity contribution in [3.05, 3.63) is 0 Å². The first kappa shape index (κ1) is 12.9. The standard InChI is InChI=1S/C13H21NO2/c1-5-10-8-6-7-9-11(10)14-12(15)16-13(2,3)4/h1,10-11H,6-9H2,2-4H3,(H,14,15)/t10-,11+/m1/s1. The lowest BCUT2D eigenvalue weighted by molar-refractivity contribution is 0.0481. The molecule has 0 aromatic heterocycles. The van der Waals surface area contributed by atoms with Crippen LogP contribution in [0.2, 0.25) is 0 Å². The first-order chi connectivity index (χ1) is 7.42. The van der Waals surface area contributed by atoms with E-state index in [2.05, 4.69) is 11.2 Å². The van der Waals surface area contributed by atoms with Crippen molar-refractivity contribution in [1.29, 1.82) is 0 Å². The Bertz CT molecular complexity index is 285. The molecule has 0 heterocycles. The number of ether oxygens (including phenoxy) is 1. The summed E-state index contributed by atoms with van der Waals surface area (Å²) in [6.45, 7) is 5.56. The molecular weight excluding hydrogens is 202 g/mol. The second kappa shape index (κ2) is 5.25. The maximum Gasteiger partial charge on any atom is 0.407 e. The van der Waals surface area contributed by atoms with Crippen LogP contribution in [0.1, 0.15) is 46.5 Å². The minimum absolute atomic E-state index is 0.0774. The Labute approximate surface area is 97.9 Å². The smallest absolute Gasteiger partial charge is 0.407 e. The fourth-order valence-electron chi connectivity index (χ4n) is 1.96. The SMILES string of the molecule is C#C[C@@H]1CCCC[C@@H]1NC(=O)OC(C)(C)C. The first-order valence-electron chi connectivity index (χ1n) is 5.88. The molecule has 0 saturated heterocycles. The molecule has 1 N–H and O–H groups in total. The van der Waals surface area contributed by atoms with Gasteiger partial charge in [0.2, 0.25) is 0 Å². The lowest BCUT2D eigenvalue weighted by Gasteiger charge is -2.29. The van der Waals surface area contributed by atoms with E-state index in [9.17, 15) is 4.79 Å². The van der Waals surface area contributed by atoms with Crippen LogP contribution in [0.4, 0.5) is 4.79 Å². The number of amides is 1. The van der Waals surface area contributed by atoms with Crippen LogP contribution < -0.4 is 5.32 Å². The summed E-state index contributed by atoms with van der Waals surface area (Å²) in [5.41, 5.74) is -0.454. The van der Waals surface area contributed by atoms with Gasteiger partial charge in [-0.3, -0.25) is 0 Å². The molecule has 0 bridgehead atoms. The number of hydrogen-bond acceptors (Lipinski definition) is 2. The number of terminal acetylenes is 1. The minimum Gasteiger partial charge on any atom is -0.444 e. The van der Waals surface area contributed by atoms with Crippen molar-refractivity contribution in [3.63, 3.8) is 0 Å². The van der Waals surface area contributed by atoms with Gasteiger partial charge in [-0.15, -0.1) is 12.3 Å². The van der Waals surface area contributed by atoms with Crippen molar-refractivity contribution in [2.75, 3.05) is 0 Å². The second-order valence-corrected chi connectivity index (χ2v) is 5.31. The van der Waals surface area contributed by atoms with E-state index in [1.54, 1.807) is 0 Å². The second-order valence-electron chi connectivity index (χ2n) is 5.31. The number of alkyl carbamates (subject to hydrolysis) is 1. The van der Waals surface area contributed by atoms with Crippen molar-refractivity contribution in [2.24, 2.45) is 5.92 Å². The largest absolute Gasteiger partial charge is 0.444 e. The molecule has 1 aliphatic rings. The molecule has 2 atom stereocenters. The molecule has 0 aromatic carbocycles. The predicted molar refractivity (Wildman–Crippen MR) is 63.9 cm³/mol. The average molecular weight is 223 g/mol. The van der Waals surface area contributed by atoms with Crippen molar-refractivity contribution >= 4 is 6.09 Å². The van der Waals surface area contributed by atoms with Gasteiger partial charge in [-0.1, -0.05) is 12.8 Å². The van der Waals surface area contributed by atoms with E-state index in [1.165, 1.54) is 0 Å². The Morgan fingerprint density at radius 3 is 2.56 bits per heavy atom. The van der Waals surface area contributed by atoms with Gasteiger partial charge in [0.1, 0.15) is 5.60 Å². The Morgan fingerprint density at radius 2 is 2.00 bits per heavy atom. The summed E-state index contributed by atoms with van der Waals surface area (Å²) in [5.74, 6) is 2.91. The van der Waals surface area contributed by atoms with Crippen LogP contribution in [0.15, 0.2) is 0 Å². The van der Waals surface area contributed by atoms with Crippen LogP contribution in [0.25, 0.3) is 0 Å². The van der Waals surface area contributed by atoms with E-state index >= 15 is 0 Å². The molecule has 1 amide bonds. The Morgan fingerprint density at radius 1 is 1.38 bits per heavy atom. The summed E-state index contributed by atoms with van der Waals surface area (Å²) in [6.07, 6.45) is 9.32. The molecule has 0 aliphatic heterocycles. The highest BCUT2D eigenvalue weighted by Gasteiger charge is 2.26. The molecule has 90 valence electrons. The summed E-state index contributed by atoms with van der Waals surface area (Å²) >= 11 is 0. The van der Waals surface area contributed by atoms with Crippen molar-refractivity contribution in [2.45, 2.75) is 58.1 Å². The Hall–Kier alpha value is -1.17. The van der Waals surface area contributed by atoms with Crippen LogP contribution >= 0.6 is 0 Å². The fourth-order valence-corrected chi connectivity index (χ4v) is 1.96. The summed E-state index contributed by atoms with van der Waals surface area (Å²) in [5, 5.41) is 2.87. The van der Waals surface area contributed by atoms with E-state index in [0.29, 0.717) is 0 Å². The van der Waals surface area contributed by atoms with Crippen LogP contribution in [-0.2, 0) is 4.74 Å². The summed E-state index contributed by atoms with van der Waals surface area (Å²) in [4.78, 5) is 11.6. The van der Waals surface area contributed by atoms with Gasteiger partial charge < -0.3 is 10.1 Å². The number of rotatable bonds is 1. The highest BCUT2D eigenvalue weighted by atomic mass is 16.6. The van der Waals surface area contributed by atoms with Gasteiger partial charge in [0.15, 0.2) is 0 Å². The molecule has 16 heavy (non-hydrogen) atoms. The van der Waals surface area contributed by atoms with Gasteiger partial charge in [-0.2, -0.15) is 0 Å². The lowest BCUT2D eigenvalue weighted by atomic mass is 9.85. The molecule has 1 saturated carbocycles. The maximum absolute atomic E-state index is 11.6. The van der Waals surface area contributed by atoms with E-state index in [-0.39, 0.29) is 18.1 Å². The third-order valence-corrected chi connectivity index (χ3v) is 2.68. The molecule has 0 spiro atoms. The quantitative estimate of drug-likeness (QED) is 0.694. The average Bonchev–Trinajstić information content (AvgIpc) is 2.15. The third kappa shape index (κ3) is 4.14. The molecule has 3 heteroatoms. The monoisotopic (exact) mass is 223 g/mol. The number of carbonyl (C=O) groups is 1. The highest BCUT2D eigenvalue weighted by Crippen LogP contribution is 2.24. The maximum atomic E-state index is 11.6. The number of nitrogens with one attached hydrogen (secondary N) is 1. The zero-order chi connectivity index (χ0) is 12.2. The highest BCUT2D eigenvalue weighted by molar-refractivity contribution is 5.68. The van der Waals surface area contributed by atoms with Crippen LogP contribution in [-0.4, -0.2) is 17.7 Å². The van der Waals surface area contributed by atoms with Gasteiger partial charge in [0.05, 0.1) is 0 Å². The van der Waals surface area contributed by atoms with Gasteiger partial charge >= 0.3 is 6.09 Å². The predicted octanol–water partition coefficient (Wildman–Crippen LogP) is 2.70. The molecule has 0 aromatic rings. The van der Waals surface area contributed by atoms with E-state index in [4.69, 9.17) is 11.2 Å². The third-order valence-electron chi connectivity index (χ3n) is 2.68. The van der Waals surface area contributed by atoms with Crippen LogP contribution in [0.5, 0.6) is 0 Å². The topological polar surface area (TPSA) is 38.3 Å². The number of carbonyl (C=O) groups excluding carboxylic acids is 1. The summed E-state index contributed by atoms with van der Waals surface area (Å²) < 4.78 is 5.21. The van der Waals surface area contributed by atoms with E-state index < -0.39 is 5.60 Å². The van der Waals surface area contributed by atoms with Gasteiger partial charge in [-0.05, 0) is 33.6 Å². The zero-order valence-electron chi connectivity index (χ0n) is 10.4. The van der Waals surface area contributed by atoms with Crippen molar-refractivity contribution in [1.82, 2.24) is 5.32 Å². The normalized spacial score (nSPS) is 25.6. The summed E-state index contributed by atoms with van der Waals surface area (Å²) in [6, 6.07) is 0.0774. The number of hydrogen-bond donors (Lipinski definition) is 1. The first-order valence-corrected chi connectivity index (χ1v) is 5.88. The van der Waals surface area contributed by atoms with Gasteiger partial charge in [-0.25, -0.2) is 4.79 Å². The van der Waals surface area contributed by atoms with Crippen molar-refractivity contribution < 1.29 is 9.53 Å². The van der Waals surface area contributed by atoms with Crippen LogP contribution in [0.3, 0.4) is 0 Å². The molecule has 1 fully saturated rings. The molecule has 3 nitrogen and oxygen atoms in total. The minimum atomic E-state index is -0.454. The van der Waals surface area contributed by atoms with Gasteiger partial charge in [0, 0.05) is 12.0 Å². The Balaban J connectivity index is 2.46. The molecule has 1 aliphatic carbocycles. The zero-order valence-corrected chi connectivity index (χ0v) is 10.4. The van der Waals surface area contributed by atoms with E-state index in [0.717, 1.165) is 25.7 Å². The van der Waals surface area contributed by atoms with Crippen molar-refractivity contribution in [3.8, 4) is 12.3 Å². The van der Waals surface area contributed by atoms with Gasteiger partial charge in [0.25, 0.3) is 0 Å². The van der Waals surface area contributed by atoms with Crippen LogP contribution in [0, 0.1) is 18.3 Å². The molecule has 1 rings (SSSR count). The lowest BCUT2D eigenvalue weighted by Crippen LogP contribution is -2.44. The van der Waals surface area contributed by atoms with E-state index in [1.807, 2.05) is 20.8 Å². The summed E-state index contributed by atoms with van der Waals surface area (Å²) in [7, 11) is 0. The molecular formula is C13H21NO2. The molecule has 0 unspecified atom stereocenters. The fraction of sp³-hybridized carbons (Fsp3) is 0.769. The Kier molecular flexibility index (Phi) is 4.23. The molecule has 0 radical (unpaired) electrons.